The Morgan fingerprint density at radius 3 is 2.83 bits per heavy atom. The topological polar surface area (TPSA) is 32.3 Å². The third kappa shape index (κ3) is 2.31. The first-order valence-corrected chi connectivity index (χ1v) is 5.74. The Balaban J connectivity index is 2.31. The predicted octanol–water partition coefficient (Wildman–Crippen LogP) is 2.07. The van der Waals surface area contributed by atoms with Crippen molar-refractivity contribution in [2.24, 2.45) is 0 Å². The zero-order chi connectivity index (χ0) is 13.1. The molecule has 0 spiro atoms. The van der Waals surface area contributed by atoms with Crippen LogP contribution in [0.5, 0.6) is 0 Å². The minimum absolute atomic E-state index is 0.270. The van der Waals surface area contributed by atoms with E-state index in [0.29, 0.717) is 17.2 Å². The van der Waals surface area contributed by atoms with E-state index in [2.05, 4.69) is 11.9 Å². The summed E-state index contributed by atoms with van der Waals surface area (Å²) in [5.74, 6) is -0.657. The van der Waals surface area contributed by atoms with Crippen LogP contribution in [-0.2, 0) is 4.79 Å². The van der Waals surface area contributed by atoms with Crippen LogP contribution in [0.3, 0.4) is 0 Å². The zero-order valence-corrected chi connectivity index (χ0v) is 10.3. The van der Waals surface area contributed by atoms with E-state index in [4.69, 9.17) is 12.2 Å². The number of nitrogens with zero attached hydrogens (tertiary/aromatic N) is 1. The van der Waals surface area contributed by atoms with Gasteiger partial charge in [0, 0.05) is 12.1 Å². The number of amides is 1. The van der Waals surface area contributed by atoms with Gasteiger partial charge in [-0.1, -0.05) is 24.3 Å². The Labute approximate surface area is 110 Å². The second-order valence-electron chi connectivity index (χ2n) is 3.71. The standard InChI is InChI=1S/C13H11FN2OS/c1-2-7-16-12(17)11(15-13(16)18)8-9-5-3-4-6-10(9)14/h2-6,8H,1,7H2,(H,15,18)/b11-8+. The van der Waals surface area contributed by atoms with E-state index >= 15 is 0 Å². The maximum absolute atomic E-state index is 13.5. The number of halogens is 1. The van der Waals surface area contributed by atoms with Crippen molar-refractivity contribution in [2.45, 2.75) is 0 Å². The Morgan fingerprint density at radius 2 is 2.17 bits per heavy atom. The molecule has 0 radical (unpaired) electrons. The second kappa shape index (κ2) is 5.10. The van der Waals surface area contributed by atoms with Crippen molar-refractivity contribution in [2.75, 3.05) is 6.54 Å². The number of thiocarbonyl (C=S) groups is 1. The lowest BCUT2D eigenvalue weighted by Crippen LogP contribution is -2.30. The Hall–Kier alpha value is -2.01. The molecule has 1 aromatic rings. The van der Waals surface area contributed by atoms with Crippen molar-refractivity contribution in [3.8, 4) is 0 Å². The number of carbonyl (C=O) groups is 1. The summed E-state index contributed by atoms with van der Waals surface area (Å²) < 4.78 is 13.5. The first-order valence-electron chi connectivity index (χ1n) is 5.33. The summed E-state index contributed by atoms with van der Waals surface area (Å²) in [4.78, 5) is 13.3. The van der Waals surface area contributed by atoms with Gasteiger partial charge in [-0.05, 0) is 24.4 Å². The van der Waals surface area contributed by atoms with E-state index in [1.54, 1.807) is 24.3 Å². The van der Waals surface area contributed by atoms with Gasteiger partial charge in [0.15, 0.2) is 5.11 Å². The quantitative estimate of drug-likeness (QED) is 0.514. The third-order valence-corrected chi connectivity index (χ3v) is 2.80. The van der Waals surface area contributed by atoms with Crippen molar-refractivity contribution < 1.29 is 9.18 Å². The van der Waals surface area contributed by atoms with E-state index in [1.165, 1.54) is 17.0 Å². The average Bonchev–Trinajstić information content (AvgIpc) is 2.60. The fourth-order valence-corrected chi connectivity index (χ4v) is 1.88. The summed E-state index contributed by atoms with van der Waals surface area (Å²) in [6, 6.07) is 6.23. The summed E-state index contributed by atoms with van der Waals surface area (Å²) in [5.41, 5.74) is 0.614. The summed E-state index contributed by atoms with van der Waals surface area (Å²) in [6.45, 7) is 3.89. The van der Waals surface area contributed by atoms with Crippen molar-refractivity contribution >= 4 is 29.3 Å². The van der Waals surface area contributed by atoms with Crippen molar-refractivity contribution in [3.05, 3.63) is 54.0 Å². The lowest BCUT2D eigenvalue weighted by atomic mass is 10.2. The Bertz CT molecular complexity index is 554. The van der Waals surface area contributed by atoms with Crippen LogP contribution in [0.1, 0.15) is 5.56 Å². The molecule has 0 unspecified atom stereocenters. The lowest BCUT2D eigenvalue weighted by molar-refractivity contribution is -0.122. The molecule has 1 N–H and O–H groups in total. The van der Waals surface area contributed by atoms with Crippen LogP contribution < -0.4 is 5.32 Å². The number of rotatable bonds is 3. The molecule has 1 saturated heterocycles. The van der Waals surface area contributed by atoms with Gasteiger partial charge in [-0.15, -0.1) is 6.58 Å². The maximum atomic E-state index is 13.5. The van der Waals surface area contributed by atoms with E-state index in [1.807, 2.05) is 0 Å². The Kier molecular flexibility index (Phi) is 3.53. The highest BCUT2D eigenvalue weighted by Crippen LogP contribution is 2.16. The van der Waals surface area contributed by atoms with Crippen molar-refractivity contribution in [1.29, 1.82) is 0 Å². The smallest absolute Gasteiger partial charge is 0.276 e. The highest BCUT2D eigenvalue weighted by atomic mass is 32.1. The normalized spacial score (nSPS) is 17.2. The minimum Gasteiger partial charge on any atom is -0.328 e. The maximum Gasteiger partial charge on any atom is 0.276 e. The fourth-order valence-electron chi connectivity index (χ4n) is 1.61. The molecule has 5 heteroatoms. The van der Waals surface area contributed by atoms with Crippen molar-refractivity contribution in [3.63, 3.8) is 0 Å². The number of nitrogens with one attached hydrogen (secondary N) is 1. The van der Waals surface area contributed by atoms with Gasteiger partial charge < -0.3 is 5.32 Å². The molecule has 1 aromatic carbocycles. The van der Waals surface area contributed by atoms with Crippen LogP contribution in [0.4, 0.5) is 4.39 Å². The van der Waals surface area contributed by atoms with Gasteiger partial charge in [-0.3, -0.25) is 9.69 Å². The molecule has 1 amide bonds. The van der Waals surface area contributed by atoms with Gasteiger partial charge >= 0.3 is 0 Å². The molecule has 0 atom stereocenters. The van der Waals surface area contributed by atoms with Crippen LogP contribution in [0.2, 0.25) is 0 Å². The molecule has 3 nitrogen and oxygen atoms in total. The largest absolute Gasteiger partial charge is 0.328 e. The Morgan fingerprint density at radius 1 is 1.44 bits per heavy atom. The lowest BCUT2D eigenvalue weighted by Gasteiger charge is -2.09. The van der Waals surface area contributed by atoms with E-state index < -0.39 is 0 Å². The van der Waals surface area contributed by atoms with Gasteiger partial charge in [-0.2, -0.15) is 0 Å². The first-order chi connectivity index (χ1) is 8.63. The van der Waals surface area contributed by atoms with Gasteiger partial charge in [0.2, 0.25) is 0 Å². The van der Waals surface area contributed by atoms with E-state index in [0.717, 1.165) is 0 Å². The van der Waals surface area contributed by atoms with Crippen LogP contribution in [0.25, 0.3) is 6.08 Å². The molecular weight excluding hydrogens is 251 g/mol. The highest BCUT2D eigenvalue weighted by Gasteiger charge is 2.29. The van der Waals surface area contributed by atoms with Crippen LogP contribution in [-0.4, -0.2) is 22.5 Å². The first kappa shape index (κ1) is 12.4. The number of carbonyl (C=O) groups excluding carboxylic acids is 1. The predicted molar refractivity (Wildman–Crippen MR) is 72.0 cm³/mol. The number of hydrogen-bond acceptors (Lipinski definition) is 2. The molecule has 1 aliphatic rings. The highest BCUT2D eigenvalue weighted by molar-refractivity contribution is 7.80. The number of hydrogen-bond donors (Lipinski definition) is 1. The van der Waals surface area contributed by atoms with E-state index in [-0.39, 0.29) is 17.4 Å². The van der Waals surface area contributed by atoms with Gasteiger partial charge in [-0.25, -0.2) is 4.39 Å². The molecular formula is C13H11FN2OS. The van der Waals surface area contributed by atoms with E-state index in [9.17, 15) is 9.18 Å². The van der Waals surface area contributed by atoms with Crippen molar-refractivity contribution in [1.82, 2.24) is 10.2 Å². The molecule has 18 heavy (non-hydrogen) atoms. The third-order valence-electron chi connectivity index (χ3n) is 2.48. The average molecular weight is 262 g/mol. The minimum atomic E-state index is -0.382. The summed E-state index contributed by atoms with van der Waals surface area (Å²) in [7, 11) is 0. The van der Waals surface area contributed by atoms with Crippen LogP contribution in [0, 0.1) is 5.82 Å². The monoisotopic (exact) mass is 262 g/mol. The number of benzene rings is 1. The summed E-state index contributed by atoms with van der Waals surface area (Å²) in [6.07, 6.45) is 3.03. The molecule has 1 fully saturated rings. The molecule has 2 rings (SSSR count). The van der Waals surface area contributed by atoms with Crippen LogP contribution in [0.15, 0.2) is 42.6 Å². The SMILES string of the molecule is C=CCN1C(=O)/C(=C\c2ccccc2F)NC1=S. The molecule has 0 aromatic heterocycles. The molecule has 1 aliphatic heterocycles. The fraction of sp³-hybridized carbons (Fsp3) is 0.0769. The van der Waals surface area contributed by atoms with Gasteiger partial charge in [0.1, 0.15) is 11.5 Å². The van der Waals surface area contributed by atoms with Gasteiger partial charge in [0.25, 0.3) is 5.91 Å². The molecule has 1 heterocycles. The van der Waals surface area contributed by atoms with Gasteiger partial charge in [0.05, 0.1) is 0 Å². The molecule has 0 bridgehead atoms. The molecule has 0 saturated carbocycles. The summed E-state index contributed by atoms with van der Waals surface area (Å²) in [5, 5.41) is 3.08. The van der Waals surface area contributed by atoms with Crippen LogP contribution >= 0.6 is 12.2 Å². The summed E-state index contributed by atoms with van der Waals surface area (Å²) >= 11 is 5.02. The molecule has 0 aliphatic carbocycles. The molecule has 92 valence electrons. The second-order valence-corrected chi connectivity index (χ2v) is 4.10. The zero-order valence-electron chi connectivity index (χ0n) is 9.52.